The van der Waals surface area contributed by atoms with Gasteiger partial charge in [0.1, 0.15) is 0 Å². The first-order valence-corrected chi connectivity index (χ1v) is 25.7. The Balaban J connectivity index is 1.50. The Kier molecular flexibility index (Phi) is 20.8. The first-order valence-electron chi connectivity index (χ1n) is 25.7. The van der Waals surface area contributed by atoms with Crippen molar-refractivity contribution in [2.24, 2.45) is 5.92 Å². The second-order valence-corrected chi connectivity index (χ2v) is 19.5. The van der Waals surface area contributed by atoms with Gasteiger partial charge in [-0.3, -0.25) is 0 Å². The number of unbranched alkanes of at least 4 members (excludes halogenated alkanes) is 15. The second kappa shape index (κ2) is 26.2. The number of nitrogens with two attached hydrogens (primary N) is 2. The topological polar surface area (TPSA) is 52.0 Å². The highest BCUT2D eigenvalue weighted by molar-refractivity contribution is 5.51. The van der Waals surface area contributed by atoms with Crippen LogP contribution in [0.5, 0.6) is 0 Å². The van der Waals surface area contributed by atoms with Crippen molar-refractivity contribution in [2.75, 3.05) is 11.5 Å². The molecule has 0 amide bonds. The minimum atomic E-state index is 0.0153. The van der Waals surface area contributed by atoms with E-state index in [1.807, 2.05) is 0 Å². The molecule has 1 saturated carbocycles. The number of aryl methyl sites for hydroxylation is 2. The zero-order valence-electron chi connectivity index (χ0n) is 39.9. The van der Waals surface area contributed by atoms with Crippen molar-refractivity contribution >= 4 is 11.4 Å². The van der Waals surface area contributed by atoms with Crippen LogP contribution in [0.1, 0.15) is 244 Å². The van der Waals surface area contributed by atoms with Crippen molar-refractivity contribution in [3.05, 3.63) is 129 Å². The molecule has 2 atom stereocenters. The fourth-order valence-corrected chi connectivity index (χ4v) is 11.4. The maximum atomic E-state index is 6.31. The largest absolute Gasteiger partial charge is 0.399 e. The van der Waals surface area contributed by atoms with Crippen molar-refractivity contribution in [1.29, 1.82) is 0 Å². The fourth-order valence-electron chi connectivity index (χ4n) is 11.4. The van der Waals surface area contributed by atoms with Gasteiger partial charge in [-0.25, -0.2) is 0 Å². The van der Waals surface area contributed by atoms with Gasteiger partial charge in [-0.15, -0.1) is 0 Å². The highest BCUT2D eigenvalue weighted by Crippen LogP contribution is 2.50. The molecule has 1 aliphatic rings. The Morgan fingerprint density at radius 2 is 0.836 bits per heavy atom. The van der Waals surface area contributed by atoms with E-state index < -0.39 is 0 Å². The van der Waals surface area contributed by atoms with Crippen LogP contribution in [0.2, 0.25) is 0 Å². The van der Waals surface area contributed by atoms with E-state index in [2.05, 4.69) is 120 Å². The minimum Gasteiger partial charge on any atom is -0.399 e. The van der Waals surface area contributed by atoms with Gasteiger partial charge in [0.05, 0.1) is 0 Å². The molecule has 0 aromatic heterocycles. The van der Waals surface area contributed by atoms with Crippen molar-refractivity contribution in [3.63, 3.8) is 0 Å². The van der Waals surface area contributed by atoms with E-state index in [1.165, 1.54) is 200 Å². The molecule has 61 heavy (non-hydrogen) atoms. The molecule has 4 aromatic carbocycles. The third-order valence-electron chi connectivity index (χ3n) is 14.9. The summed E-state index contributed by atoms with van der Waals surface area (Å²) in [5.41, 5.74) is 25.9. The van der Waals surface area contributed by atoms with E-state index in [9.17, 15) is 0 Å². The minimum absolute atomic E-state index is 0.0153. The SMILES string of the molecule is CCCCCCCCCC(c1ccc(C(CCCCCC)(c2ccc(C(CCCCCCCCC)c3ccc(N)cc3C)cc2)C2CCCCC2)cc1)c1ccc(N)cc1C. The van der Waals surface area contributed by atoms with Gasteiger partial charge >= 0.3 is 0 Å². The van der Waals surface area contributed by atoms with Crippen LogP contribution in [0.3, 0.4) is 0 Å². The summed E-state index contributed by atoms with van der Waals surface area (Å²) in [6.45, 7) is 11.5. The molecular weight excluding hydrogens is 737 g/mol. The first kappa shape index (κ1) is 48.5. The van der Waals surface area contributed by atoms with Gasteiger partial charge < -0.3 is 11.5 Å². The molecule has 0 spiro atoms. The first-order chi connectivity index (χ1) is 29.8. The van der Waals surface area contributed by atoms with Crippen LogP contribution in [0.4, 0.5) is 11.4 Å². The van der Waals surface area contributed by atoms with Crippen LogP contribution in [0, 0.1) is 19.8 Å². The lowest BCUT2D eigenvalue weighted by Gasteiger charge is -2.45. The number of hydrogen-bond donors (Lipinski definition) is 2. The van der Waals surface area contributed by atoms with Gasteiger partial charge in [0.25, 0.3) is 0 Å². The molecule has 5 rings (SSSR count). The number of anilines is 2. The predicted molar refractivity (Wildman–Crippen MR) is 269 cm³/mol. The molecule has 2 nitrogen and oxygen atoms in total. The number of benzene rings is 4. The lowest BCUT2D eigenvalue weighted by atomic mass is 9.59. The van der Waals surface area contributed by atoms with Crippen LogP contribution in [0.25, 0.3) is 0 Å². The summed E-state index contributed by atoms with van der Waals surface area (Å²) in [6, 6.07) is 33.7. The van der Waals surface area contributed by atoms with Crippen LogP contribution in [-0.2, 0) is 5.41 Å². The lowest BCUT2D eigenvalue weighted by molar-refractivity contribution is 0.220. The molecule has 0 bridgehead atoms. The Morgan fingerprint density at radius 3 is 1.23 bits per heavy atom. The Hall–Kier alpha value is -3.52. The highest BCUT2D eigenvalue weighted by atomic mass is 14.5. The average Bonchev–Trinajstić information content (AvgIpc) is 3.27. The molecule has 0 aliphatic heterocycles. The summed E-state index contributed by atoms with van der Waals surface area (Å²) in [4.78, 5) is 0. The Bertz CT molecular complexity index is 1680. The smallest absolute Gasteiger partial charge is 0.0316 e. The van der Waals surface area contributed by atoms with Crippen LogP contribution >= 0.6 is 0 Å². The van der Waals surface area contributed by atoms with E-state index in [0.29, 0.717) is 17.8 Å². The molecule has 1 aliphatic carbocycles. The van der Waals surface area contributed by atoms with Crippen molar-refractivity contribution in [3.8, 4) is 0 Å². The molecule has 2 unspecified atom stereocenters. The van der Waals surface area contributed by atoms with Crippen LogP contribution in [-0.4, -0.2) is 0 Å². The summed E-state index contributed by atoms with van der Waals surface area (Å²) in [5, 5.41) is 0. The van der Waals surface area contributed by atoms with Crippen molar-refractivity contribution in [2.45, 2.75) is 219 Å². The third kappa shape index (κ3) is 14.0. The molecule has 1 fully saturated rings. The van der Waals surface area contributed by atoms with E-state index in [-0.39, 0.29) is 5.41 Å². The quantitative estimate of drug-likeness (QED) is 0.0443. The van der Waals surface area contributed by atoms with E-state index in [0.717, 1.165) is 11.4 Å². The van der Waals surface area contributed by atoms with Gasteiger partial charge in [-0.1, -0.05) is 216 Å². The second-order valence-electron chi connectivity index (χ2n) is 19.5. The molecule has 0 saturated heterocycles. The molecule has 334 valence electrons. The van der Waals surface area contributed by atoms with Gasteiger partial charge in [0.2, 0.25) is 0 Å². The van der Waals surface area contributed by atoms with E-state index >= 15 is 0 Å². The Labute approximate surface area is 375 Å². The molecule has 4 N–H and O–H groups in total. The number of rotatable bonds is 28. The summed E-state index contributed by atoms with van der Waals surface area (Å²) < 4.78 is 0. The Morgan fingerprint density at radius 1 is 0.459 bits per heavy atom. The molecule has 4 aromatic rings. The van der Waals surface area contributed by atoms with Crippen molar-refractivity contribution in [1.82, 2.24) is 0 Å². The maximum absolute atomic E-state index is 6.31. The number of hydrogen-bond acceptors (Lipinski definition) is 2. The summed E-state index contributed by atoms with van der Waals surface area (Å²) in [6.07, 6.45) is 34.3. The zero-order valence-corrected chi connectivity index (χ0v) is 39.9. The van der Waals surface area contributed by atoms with Gasteiger partial charge in [0.15, 0.2) is 0 Å². The number of nitrogen functional groups attached to an aromatic ring is 2. The van der Waals surface area contributed by atoms with Gasteiger partial charge in [-0.2, -0.15) is 0 Å². The third-order valence-corrected chi connectivity index (χ3v) is 14.9. The van der Waals surface area contributed by atoms with Crippen molar-refractivity contribution < 1.29 is 0 Å². The highest BCUT2D eigenvalue weighted by Gasteiger charge is 2.42. The van der Waals surface area contributed by atoms with Gasteiger partial charge in [0, 0.05) is 28.6 Å². The van der Waals surface area contributed by atoms with Crippen LogP contribution in [0.15, 0.2) is 84.9 Å². The molecule has 2 heteroatoms. The fraction of sp³-hybridized carbons (Fsp3) is 0.593. The molecular formula is C59H88N2. The zero-order chi connectivity index (χ0) is 43.3. The molecule has 0 heterocycles. The summed E-state index contributed by atoms with van der Waals surface area (Å²) >= 11 is 0. The molecule has 0 radical (unpaired) electrons. The van der Waals surface area contributed by atoms with Crippen LogP contribution < -0.4 is 11.5 Å². The van der Waals surface area contributed by atoms with E-state index in [1.54, 1.807) is 11.1 Å². The normalized spacial score (nSPS) is 15.4. The predicted octanol–water partition coefficient (Wildman–Crippen LogP) is 17.8. The van der Waals surface area contributed by atoms with E-state index in [4.69, 9.17) is 11.5 Å². The summed E-state index contributed by atoms with van der Waals surface area (Å²) in [7, 11) is 0. The summed E-state index contributed by atoms with van der Waals surface area (Å²) in [5.74, 6) is 1.44. The maximum Gasteiger partial charge on any atom is 0.0316 e. The lowest BCUT2D eigenvalue weighted by Crippen LogP contribution is -2.38. The van der Waals surface area contributed by atoms with Gasteiger partial charge in [-0.05, 0) is 121 Å². The monoisotopic (exact) mass is 825 g/mol. The standard InChI is InChI=1S/C59H88N2/c1-6-9-12-15-17-19-24-29-57(55-41-39-53(60)44-46(55)4)48-31-35-51(36-32-48)59(43-26-14-11-8-3,50-27-22-21-23-28-50)52-37-33-49(34-38-52)58(30-25-20-18-16-13-10-7-2)56-42-40-54(61)45-47(56)5/h31-42,44-45,50,57-58H,6-30,43,60-61H2,1-5H3. The average molecular weight is 825 g/mol.